The van der Waals surface area contributed by atoms with Crippen molar-refractivity contribution in [2.45, 2.75) is 25.8 Å². The first-order valence-electron chi connectivity index (χ1n) is 7.26. The molecule has 0 bridgehead atoms. The van der Waals surface area contributed by atoms with Crippen LogP contribution in [0.3, 0.4) is 0 Å². The van der Waals surface area contributed by atoms with Gasteiger partial charge in [0.1, 0.15) is 0 Å². The summed E-state index contributed by atoms with van der Waals surface area (Å²) in [5.41, 5.74) is 8.25. The summed E-state index contributed by atoms with van der Waals surface area (Å²) < 4.78 is 1.06. The van der Waals surface area contributed by atoms with Crippen LogP contribution >= 0.6 is 15.9 Å². The molecule has 3 N–H and O–H groups in total. The Hall–Kier alpha value is -1.65. The van der Waals surface area contributed by atoms with Gasteiger partial charge in [0.15, 0.2) is 0 Å². The second-order valence-electron chi connectivity index (χ2n) is 5.95. The van der Waals surface area contributed by atoms with Crippen LogP contribution in [0.15, 0.2) is 53.0 Å². The third-order valence-corrected chi connectivity index (χ3v) is 4.44. The Morgan fingerprint density at radius 1 is 1.14 bits per heavy atom. The summed E-state index contributed by atoms with van der Waals surface area (Å²) in [5, 5.41) is 3.01. The van der Waals surface area contributed by atoms with Gasteiger partial charge in [0, 0.05) is 28.5 Å². The number of hydrogen-bond donors (Lipinski definition) is 2. The first-order valence-corrected chi connectivity index (χ1v) is 8.05. The molecule has 4 heteroatoms. The molecule has 2 rings (SSSR count). The molecule has 0 saturated carbocycles. The second kappa shape index (κ2) is 7.07. The van der Waals surface area contributed by atoms with E-state index in [0.29, 0.717) is 18.7 Å². The van der Waals surface area contributed by atoms with E-state index in [0.717, 1.165) is 10.0 Å². The maximum atomic E-state index is 12.3. The zero-order valence-electron chi connectivity index (χ0n) is 12.9. The minimum Gasteiger partial charge on any atom is -0.351 e. The van der Waals surface area contributed by atoms with Crippen molar-refractivity contribution in [1.82, 2.24) is 5.32 Å². The number of hydrogen-bond acceptors (Lipinski definition) is 2. The summed E-state index contributed by atoms with van der Waals surface area (Å²) >= 11 is 3.58. The van der Waals surface area contributed by atoms with Gasteiger partial charge < -0.3 is 11.1 Å². The van der Waals surface area contributed by atoms with E-state index in [2.05, 4.69) is 41.2 Å². The first kappa shape index (κ1) is 16.7. The highest BCUT2D eigenvalue weighted by Gasteiger charge is 2.23. The molecule has 116 valence electrons. The molecular weight excluding hydrogens is 340 g/mol. The molecule has 0 fully saturated rings. The molecule has 0 spiro atoms. The van der Waals surface area contributed by atoms with Crippen LogP contribution in [-0.2, 0) is 12.0 Å². The maximum Gasteiger partial charge on any atom is 0.251 e. The molecule has 1 amide bonds. The van der Waals surface area contributed by atoms with Gasteiger partial charge in [0.2, 0.25) is 0 Å². The summed E-state index contributed by atoms with van der Waals surface area (Å²) in [4.78, 5) is 12.3. The average Bonchev–Trinajstić information content (AvgIpc) is 2.53. The van der Waals surface area contributed by atoms with E-state index in [9.17, 15) is 4.79 Å². The van der Waals surface area contributed by atoms with Crippen molar-refractivity contribution in [2.24, 2.45) is 5.73 Å². The summed E-state index contributed by atoms with van der Waals surface area (Å²) in [6, 6.07) is 15.5. The Morgan fingerprint density at radius 3 is 2.36 bits per heavy atom. The van der Waals surface area contributed by atoms with Crippen LogP contribution < -0.4 is 11.1 Å². The second-order valence-corrected chi connectivity index (χ2v) is 6.80. The normalized spacial score (nSPS) is 11.3. The lowest BCUT2D eigenvalue weighted by Crippen LogP contribution is -2.36. The molecular formula is C18H21BrN2O. The van der Waals surface area contributed by atoms with Crippen LogP contribution in [-0.4, -0.2) is 12.5 Å². The Kier molecular flexibility index (Phi) is 5.37. The zero-order valence-corrected chi connectivity index (χ0v) is 14.5. The lowest BCUT2D eigenvalue weighted by molar-refractivity contribution is 0.0945. The van der Waals surface area contributed by atoms with Crippen molar-refractivity contribution in [3.05, 3.63) is 69.7 Å². The number of halogens is 1. The average molecular weight is 361 g/mol. The molecule has 2 aromatic rings. The fourth-order valence-electron chi connectivity index (χ4n) is 2.30. The Balaban J connectivity index is 2.04. The molecule has 0 aliphatic heterocycles. The van der Waals surface area contributed by atoms with E-state index >= 15 is 0 Å². The molecule has 0 aliphatic rings. The predicted octanol–water partition coefficient (Wildman–Crippen LogP) is 3.62. The largest absolute Gasteiger partial charge is 0.351 e. The van der Waals surface area contributed by atoms with Crippen LogP contribution in [0.4, 0.5) is 0 Å². The van der Waals surface area contributed by atoms with E-state index in [1.54, 1.807) is 0 Å². The van der Waals surface area contributed by atoms with Gasteiger partial charge in [-0.25, -0.2) is 0 Å². The fraction of sp³-hybridized carbons (Fsp3) is 0.278. The van der Waals surface area contributed by atoms with Crippen molar-refractivity contribution in [2.75, 3.05) is 6.54 Å². The molecule has 0 atom stereocenters. The summed E-state index contributed by atoms with van der Waals surface area (Å²) in [5.74, 6) is -0.0660. The Morgan fingerprint density at radius 2 is 1.77 bits per heavy atom. The van der Waals surface area contributed by atoms with Gasteiger partial charge >= 0.3 is 0 Å². The summed E-state index contributed by atoms with van der Waals surface area (Å²) in [6.07, 6.45) is 0. The smallest absolute Gasteiger partial charge is 0.251 e. The molecule has 2 aromatic carbocycles. The minimum absolute atomic E-state index is 0.0660. The van der Waals surface area contributed by atoms with Gasteiger partial charge in [-0.3, -0.25) is 4.79 Å². The number of carbonyl (C=O) groups is 1. The monoisotopic (exact) mass is 360 g/mol. The van der Waals surface area contributed by atoms with Crippen molar-refractivity contribution in [3.8, 4) is 0 Å². The van der Waals surface area contributed by atoms with Crippen molar-refractivity contribution in [1.29, 1.82) is 0 Å². The standard InChI is InChI=1S/C18H21BrN2O/c1-18(2,15-5-3-4-6-16(15)19)12-21-17(22)14-9-7-13(11-20)8-10-14/h3-10H,11-12,20H2,1-2H3,(H,21,22). The maximum absolute atomic E-state index is 12.3. The first-order chi connectivity index (χ1) is 10.4. The molecule has 0 aromatic heterocycles. The van der Waals surface area contributed by atoms with Gasteiger partial charge in [-0.15, -0.1) is 0 Å². The highest BCUT2D eigenvalue weighted by atomic mass is 79.9. The summed E-state index contributed by atoms with van der Waals surface area (Å²) in [7, 11) is 0. The third kappa shape index (κ3) is 3.96. The van der Waals surface area contributed by atoms with Gasteiger partial charge in [0.05, 0.1) is 0 Å². The molecule has 0 radical (unpaired) electrons. The molecule has 0 aliphatic carbocycles. The SMILES string of the molecule is CC(C)(CNC(=O)c1ccc(CN)cc1)c1ccccc1Br. The van der Waals surface area contributed by atoms with Crippen molar-refractivity contribution in [3.63, 3.8) is 0 Å². The van der Waals surface area contributed by atoms with E-state index in [-0.39, 0.29) is 11.3 Å². The Bertz CT molecular complexity index is 650. The van der Waals surface area contributed by atoms with Crippen LogP contribution in [0.1, 0.15) is 35.3 Å². The predicted molar refractivity (Wildman–Crippen MR) is 93.8 cm³/mol. The van der Waals surface area contributed by atoms with Crippen molar-refractivity contribution < 1.29 is 4.79 Å². The third-order valence-electron chi connectivity index (χ3n) is 3.75. The highest BCUT2D eigenvalue weighted by molar-refractivity contribution is 9.10. The molecule has 22 heavy (non-hydrogen) atoms. The summed E-state index contributed by atoms with van der Waals surface area (Å²) in [6.45, 7) is 5.28. The van der Waals surface area contributed by atoms with E-state index in [4.69, 9.17) is 5.73 Å². The minimum atomic E-state index is -0.160. The van der Waals surface area contributed by atoms with E-state index in [1.807, 2.05) is 42.5 Å². The van der Waals surface area contributed by atoms with Crippen LogP contribution in [0.5, 0.6) is 0 Å². The van der Waals surface area contributed by atoms with E-state index in [1.165, 1.54) is 5.56 Å². The fourth-order valence-corrected chi connectivity index (χ4v) is 3.12. The quantitative estimate of drug-likeness (QED) is 0.855. The number of nitrogens with one attached hydrogen (secondary N) is 1. The number of benzene rings is 2. The highest BCUT2D eigenvalue weighted by Crippen LogP contribution is 2.29. The van der Waals surface area contributed by atoms with Crippen LogP contribution in [0, 0.1) is 0 Å². The van der Waals surface area contributed by atoms with Crippen molar-refractivity contribution >= 4 is 21.8 Å². The van der Waals surface area contributed by atoms with Gasteiger partial charge in [-0.05, 0) is 29.3 Å². The molecule has 0 unspecified atom stereocenters. The number of amides is 1. The van der Waals surface area contributed by atoms with Gasteiger partial charge in [-0.1, -0.05) is 60.1 Å². The van der Waals surface area contributed by atoms with Crippen LogP contribution in [0.25, 0.3) is 0 Å². The van der Waals surface area contributed by atoms with Crippen LogP contribution in [0.2, 0.25) is 0 Å². The molecule has 0 saturated heterocycles. The molecule has 0 heterocycles. The number of nitrogens with two attached hydrogens (primary N) is 1. The lowest BCUT2D eigenvalue weighted by Gasteiger charge is -2.27. The topological polar surface area (TPSA) is 55.1 Å². The van der Waals surface area contributed by atoms with Gasteiger partial charge in [-0.2, -0.15) is 0 Å². The number of rotatable bonds is 5. The number of carbonyl (C=O) groups excluding carboxylic acids is 1. The lowest BCUT2D eigenvalue weighted by atomic mass is 9.84. The van der Waals surface area contributed by atoms with Gasteiger partial charge in [0.25, 0.3) is 5.91 Å². The molecule has 3 nitrogen and oxygen atoms in total. The zero-order chi connectivity index (χ0) is 16.2. The van der Waals surface area contributed by atoms with E-state index < -0.39 is 0 Å². The Labute approximate surface area is 140 Å².